The van der Waals surface area contributed by atoms with Gasteiger partial charge in [0, 0.05) is 51.3 Å². The Bertz CT molecular complexity index is 590. The Kier molecular flexibility index (Phi) is 11.9. The second-order valence-electron chi connectivity index (χ2n) is 5.80. The van der Waals surface area contributed by atoms with Gasteiger partial charge in [0.1, 0.15) is 5.75 Å². The number of nitrogens with zero attached hydrogens (tertiary/aromatic N) is 2. The fraction of sp³-hybridized carbons (Fsp3) is 0.619. The molecule has 0 bridgehead atoms. The Morgan fingerprint density at radius 2 is 1.85 bits per heavy atom. The SMILES string of the molecule is CC.CC.CCN(C)C(=O)Oc1ccc2c(c1)N(C)CC2CCC(=O)OC. The summed E-state index contributed by atoms with van der Waals surface area (Å²) in [5.41, 5.74) is 2.23. The van der Waals surface area contributed by atoms with Crippen molar-refractivity contribution in [2.24, 2.45) is 0 Å². The van der Waals surface area contributed by atoms with E-state index >= 15 is 0 Å². The van der Waals surface area contributed by atoms with Crippen LogP contribution in [0.5, 0.6) is 5.75 Å². The molecule has 154 valence electrons. The number of esters is 1. The normalized spacial score (nSPS) is 14.1. The molecular weight excluding hydrogens is 344 g/mol. The van der Waals surface area contributed by atoms with E-state index in [2.05, 4.69) is 4.90 Å². The van der Waals surface area contributed by atoms with Crippen molar-refractivity contribution < 1.29 is 19.1 Å². The standard InChI is InChI=1S/C17H24N2O4.2C2H6/c1-5-18(2)17(21)23-13-7-8-14-12(6-9-16(20)22-4)11-19(3)15(14)10-13;2*1-2/h7-8,10,12H,5-6,9,11H2,1-4H3;2*1-2H3. The number of hydrogen-bond acceptors (Lipinski definition) is 5. The molecule has 0 aromatic heterocycles. The molecule has 1 atom stereocenters. The van der Waals surface area contributed by atoms with Crippen LogP contribution in [0.4, 0.5) is 10.5 Å². The van der Waals surface area contributed by atoms with Crippen LogP contribution in [-0.2, 0) is 9.53 Å². The minimum atomic E-state index is -0.365. The van der Waals surface area contributed by atoms with Gasteiger partial charge in [-0.25, -0.2) is 4.79 Å². The average Bonchev–Trinajstić information content (AvgIpc) is 3.03. The van der Waals surface area contributed by atoms with E-state index in [-0.39, 0.29) is 18.0 Å². The van der Waals surface area contributed by atoms with Crippen LogP contribution >= 0.6 is 0 Å². The number of ether oxygens (including phenoxy) is 2. The highest BCUT2D eigenvalue weighted by Gasteiger charge is 2.27. The zero-order valence-electron chi connectivity index (χ0n) is 18.2. The van der Waals surface area contributed by atoms with Crippen molar-refractivity contribution in [3.05, 3.63) is 23.8 Å². The molecule has 0 aliphatic carbocycles. The lowest BCUT2D eigenvalue weighted by Gasteiger charge is -2.16. The van der Waals surface area contributed by atoms with Crippen LogP contribution in [0.1, 0.15) is 58.9 Å². The summed E-state index contributed by atoms with van der Waals surface area (Å²) < 4.78 is 10.1. The minimum absolute atomic E-state index is 0.186. The van der Waals surface area contributed by atoms with Gasteiger partial charge in [-0.3, -0.25) is 4.79 Å². The molecule has 0 N–H and O–H groups in total. The molecule has 1 aliphatic rings. The molecule has 27 heavy (non-hydrogen) atoms. The summed E-state index contributed by atoms with van der Waals surface area (Å²) in [4.78, 5) is 26.8. The Labute approximate surface area is 164 Å². The maximum Gasteiger partial charge on any atom is 0.414 e. The molecule has 1 aliphatic heterocycles. The van der Waals surface area contributed by atoms with Gasteiger partial charge in [0.05, 0.1) is 7.11 Å². The lowest BCUT2D eigenvalue weighted by molar-refractivity contribution is -0.140. The van der Waals surface area contributed by atoms with Gasteiger partial charge in [-0.05, 0) is 25.0 Å². The van der Waals surface area contributed by atoms with Gasteiger partial charge in [0.2, 0.25) is 0 Å². The Balaban J connectivity index is 0.00000158. The monoisotopic (exact) mass is 380 g/mol. The summed E-state index contributed by atoms with van der Waals surface area (Å²) in [5, 5.41) is 0. The number of carbonyl (C=O) groups excluding carboxylic acids is 2. The third-order valence-electron chi connectivity index (χ3n) is 4.26. The van der Waals surface area contributed by atoms with Gasteiger partial charge in [-0.1, -0.05) is 33.8 Å². The minimum Gasteiger partial charge on any atom is -0.469 e. The second-order valence-corrected chi connectivity index (χ2v) is 5.80. The third kappa shape index (κ3) is 7.12. The highest BCUT2D eigenvalue weighted by molar-refractivity contribution is 5.72. The third-order valence-corrected chi connectivity index (χ3v) is 4.26. The first kappa shape index (κ1) is 24.8. The number of carbonyl (C=O) groups is 2. The van der Waals surface area contributed by atoms with Crippen molar-refractivity contribution in [3.63, 3.8) is 0 Å². The number of rotatable bonds is 5. The zero-order chi connectivity index (χ0) is 21.0. The van der Waals surface area contributed by atoms with Gasteiger partial charge >= 0.3 is 12.1 Å². The summed E-state index contributed by atoms with van der Waals surface area (Å²) >= 11 is 0. The fourth-order valence-electron chi connectivity index (χ4n) is 2.74. The summed E-state index contributed by atoms with van der Waals surface area (Å²) in [5.74, 6) is 0.640. The Morgan fingerprint density at radius 3 is 2.41 bits per heavy atom. The van der Waals surface area contributed by atoms with E-state index in [1.54, 1.807) is 7.05 Å². The van der Waals surface area contributed by atoms with Crippen molar-refractivity contribution in [2.45, 2.75) is 53.4 Å². The van der Waals surface area contributed by atoms with Gasteiger partial charge in [-0.15, -0.1) is 0 Å². The van der Waals surface area contributed by atoms with Gasteiger partial charge in [-0.2, -0.15) is 0 Å². The molecule has 0 saturated heterocycles. The van der Waals surface area contributed by atoms with Crippen molar-refractivity contribution in [1.29, 1.82) is 0 Å². The average molecular weight is 381 g/mol. The van der Waals surface area contributed by atoms with Crippen LogP contribution in [0, 0.1) is 0 Å². The van der Waals surface area contributed by atoms with Gasteiger partial charge in [0.15, 0.2) is 0 Å². The smallest absolute Gasteiger partial charge is 0.414 e. The highest BCUT2D eigenvalue weighted by atomic mass is 16.6. The number of hydrogen-bond donors (Lipinski definition) is 0. The first-order valence-electron chi connectivity index (χ1n) is 9.81. The van der Waals surface area contributed by atoms with E-state index in [4.69, 9.17) is 9.47 Å². The Hall–Kier alpha value is -2.24. The highest BCUT2D eigenvalue weighted by Crippen LogP contribution is 2.40. The quantitative estimate of drug-likeness (QED) is 0.694. The number of amides is 1. The Morgan fingerprint density at radius 1 is 1.22 bits per heavy atom. The van der Waals surface area contributed by atoms with Crippen LogP contribution in [0.15, 0.2) is 18.2 Å². The topological polar surface area (TPSA) is 59.1 Å². The largest absolute Gasteiger partial charge is 0.469 e. The summed E-state index contributed by atoms with van der Waals surface area (Å²) in [6, 6.07) is 5.68. The molecule has 1 amide bonds. The summed E-state index contributed by atoms with van der Waals surface area (Å²) in [7, 11) is 5.11. The van der Waals surface area contributed by atoms with E-state index in [0.717, 1.165) is 18.7 Å². The van der Waals surface area contributed by atoms with Crippen LogP contribution in [0.25, 0.3) is 0 Å². The van der Waals surface area contributed by atoms with Crippen LogP contribution in [-0.4, -0.2) is 51.3 Å². The lowest BCUT2D eigenvalue weighted by atomic mass is 9.96. The van der Waals surface area contributed by atoms with E-state index in [1.165, 1.54) is 17.6 Å². The van der Waals surface area contributed by atoms with Crippen molar-refractivity contribution in [3.8, 4) is 5.75 Å². The number of anilines is 1. The molecular formula is C21H36N2O4. The molecule has 1 unspecified atom stereocenters. The maximum atomic E-state index is 11.8. The number of likely N-dealkylation sites (N-methyl/N-ethyl adjacent to an activating group) is 1. The molecule has 0 spiro atoms. The van der Waals surface area contributed by atoms with E-state index in [1.807, 2.05) is 59.9 Å². The predicted molar refractivity (Wildman–Crippen MR) is 111 cm³/mol. The van der Waals surface area contributed by atoms with Crippen molar-refractivity contribution in [2.75, 3.05) is 39.2 Å². The zero-order valence-corrected chi connectivity index (χ0v) is 18.2. The number of fused-ring (bicyclic) bond motifs is 1. The van der Waals surface area contributed by atoms with Crippen LogP contribution in [0.2, 0.25) is 0 Å². The first-order chi connectivity index (χ1) is 13.0. The molecule has 6 nitrogen and oxygen atoms in total. The van der Waals surface area contributed by atoms with E-state index in [0.29, 0.717) is 18.7 Å². The second kappa shape index (κ2) is 13.0. The molecule has 2 rings (SSSR count). The molecule has 1 heterocycles. The number of benzene rings is 1. The molecule has 1 aromatic rings. The van der Waals surface area contributed by atoms with E-state index < -0.39 is 0 Å². The van der Waals surface area contributed by atoms with Crippen LogP contribution < -0.4 is 9.64 Å². The van der Waals surface area contributed by atoms with Gasteiger partial charge in [0.25, 0.3) is 0 Å². The molecule has 0 fully saturated rings. The summed E-state index contributed by atoms with van der Waals surface area (Å²) in [6.07, 6.45) is 0.795. The van der Waals surface area contributed by atoms with Crippen molar-refractivity contribution >= 4 is 17.7 Å². The molecule has 6 heteroatoms. The number of methoxy groups -OCH3 is 1. The lowest BCUT2D eigenvalue weighted by Crippen LogP contribution is -2.29. The van der Waals surface area contributed by atoms with Crippen LogP contribution in [0.3, 0.4) is 0 Å². The molecule has 0 radical (unpaired) electrons. The van der Waals surface area contributed by atoms with Crippen molar-refractivity contribution in [1.82, 2.24) is 4.90 Å². The first-order valence-corrected chi connectivity index (χ1v) is 9.81. The maximum absolute atomic E-state index is 11.8. The predicted octanol–water partition coefficient (Wildman–Crippen LogP) is 4.68. The fourth-order valence-corrected chi connectivity index (χ4v) is 2.74. The summed E-state index contributed by atoms with van der Waals surface area (Å²) in [6.45, 7) is 11.3. The van der Waals surface area contributed by atoms with E-state index in [9.17, 15) is 9.59 Å². The molecule has 1 aromatic carbocycles. The molecule has 0 saturated carbocycles. The van der Waals surface area contributed by atoms with Gasteiger partial charge < -0.3 is 19.3 Å².